The summed E-state index contributed by atoms with van der Waals surface area (Å²) in [6.45, 7) is 2.36. The van der Waals surface area contributed by atoms with E-state index < -0.39 is 5.91 Å². The molecule has 0 unspecified atom stereocenters. The van der Waals surface area contributed by atoms with E-state index >= 15 is 0 Å². The smallest absolute Gasteiger partial charge is 0.252 e. The minimum absolute atomic E-state index is 0.415. The molecule has 1 fully saturated rings. The van der Waals surface area contributed by atoms with Gasteiger partial charge in [-0.05, 0) is 42.5 Å². The first-order valence-electron chi connectivity index (χ1n) is 9.17. The number of anilines is 1. The van der Waals surface area contributed by atoms with E-state index in [1.807, 2.05) is 36.5 Å². The van der Waals surface area contributed by atoms with Crippen LogP contribution in [0.4, 0.5) is 5.69 Å². The lowest BCUT2D eigenvalue weighted by atomic mass is 9.99. The van der Waals surface area contributed by atoms with Crippen molar-refractivity contribution in [1.29, 1.82) is 0 Å². The second kappa shape index (κ2) is 7.72. The van der Waals surface area contributed by atoms with Crippen LogP contribution >= 0.6 is 0 Å². The number of pyridine rings is 2. The van der Waals surface area contributed by atoms with E-state index in [4.69, 9.17) is 10.5 Å². The number of fused-ring (bicyclic) bond motifs is 1. The maximum absolute atomic E-state index is 12.0. The lowest BCUT2D eigenvalue weighted by Gasteiger charge is -2.23. The van der Waals surface area contributed by atoms with Gasteiger partial charge in [0.25, 0.3) is 5.91 Å². The van der Waals surface area contributed by atoms with Gasteiger partial charge in [-0.25, -0.2) is 0 Å². The highest BCUT2D eigenvalue weighted by Crippen LogP contribution is 2.31. The Hall–Kier alpha value is -2.99. The summed E-state index contributed by atoms with van der Waals surface area (Å²) >= 11 is 0. The third-order valence-electron chi connectivity index (χ3n) is 5.04. The number of ether oxygens (including phenoxy) is 1. The van der Waals surface area contributed by atoms with Crippen LogP contribution in [0.1, 0.15) is 23.2 Å². The number of nitrogens with one attached hydrogen (secondary N) is 1. The molecule has 3 N–H and O–H groups in total. The summed E-state index contributed by atoms with van der Waals surface area (Å²) in [6, 6.07) is 9.93. The van der Waals surface area contributed by atoms with Crippen molar-refractivity contribution in [2.45, 2.75) is 12.8 Å². The molecule has 1 aliphatic heterocycles. The summed E-state index contributed by atoms with van der Waals surface area (Å²) in [6.07, 6.45) is 7.16. The molecule has 0 atom stereocenters. The zero-order chi connectivity index (χ0) is 18.6. The van der Waals surface area contributed by atoms with E-state index in [0.717, 1.165) is 60.3 Å². The van der Waals surface area contributed by atoms with Crippen LogP contribution in [0.3, 0.4) is 0 Å². The highest BCUT2D eigenvalue weighted by molar-refractivity contribution is 6.07. The van der Waals surface area contributed by atoms with Gasteiger partial charge in [0, 0.05) is 49.3 Å². The standard InChI is InChI=1S/C21H22N4O2/c22-21(26)18-13-24-19-4-3-15(16-2-1-7-23-12-16)10-17(19)20(18)25-11-14-5-8-27-9-6-14/h1-4,7,10,12-14H,5-6,8-9,11H2,(H2,22,26)(H,24,25). The number of carbonyl (C=O) groups excluding carboxylic acids is 1. The van der Waals surface area contributed by atoms with Crippen LogP contribution in [0.2, 0.25) is 0 Å². The van der Waals surface area contributed by atoms with Gasteiger partial charge in [0.1, 0.15) is 0 Å². The SMILES string of the molecule is NC(=O)c1cnc2ccc(-c3cccnc3)cc2c1NCC1CCOCC1. The van der Waals surface area contributed by atoms with Gasteiger partial charge in [-0.15, -0.1) is 0 Å². The first kappa shape index (κ1) is 17.4. The van der Waals surface area contributed by atoms with Crippen molar-refractivity contribution in [3.63, 3.8) is 0 Å². The van der Waals surface area contributed by atoms with Gasteiger partial charge in [0.05, 0.1) is 16.8 Å². The fraction of sp³-hybridized carbons (Fsp3) is 0.286. The predicted octanol–water partition coefficient (Wildman–Crippen LogP) is 3.23. The molecule has 138 valence electrons. The van der Waals surface area contributed by atoms with E-state index in [1.165, 1.54) is 0 Å². The monoisotopic (exact) mass is 362 g/mol. The van der Waals surface area contributed by atoms with Gasteiger partial charge in [-0.3, -0.25) is 14.8 Å². The minimum atomic E-state index is -0.481. The number of nitrogens with zero attached hydrogens (tertiary/aromatic N) is 2. The number of hydrogen-bond acceptors (Lipinski definition) is 5. The summed E-state index contributed by atoms with van der Waals surface area (Å²) < 4.78 is 5.43. The summed E-state index contributed by atoms with van der Waals surface area (Å²) in [5.41, 5.74) is 9.64. The molecule has 1 aromatic carbocycles. The zero-order valence-corrected chi connectivity index (χ0v) is 15.0. The quantitative estimate of drug-likeness (QED) is 0.727. The highest BCUT2D eigenvalue weighted by atomic mass is 16.5. The molecule has 0 spiro atoms. The Morgan fingerprint density at radius 1 is 1.19 bits per heavy atom. The average molecular weight is 362 g/mol. The van der Waals surface area contributed by atoms with Crippen molar-refractivity contribution in [2.24, 2.45) is 11.7 Å². The lowest BCUT2D eigenvalue weighted by molar-refractivity contribution is 0.0699. The molecule has 0 saturated carbocycles. The third-order valence-corrected chi connectivity index (χ3v) is 5.04. The van der Waals surface area contributed by atoms with E-state index in [9.17, 15) is 4.79 Å². The molecule has 2 aromatic heterocycles. The zero-order valence-electron chi connectivity index (χ0n) is 15.0. The van der Waals surface area contributed by atoms with Crippen molar-refractivity contribution in [3.8, 4) is 11.1 Å². The van der Waals surface area contributed by atoms with Crippen LogP contribution in [-0.2, 0) is 4.74 Å². The van der Waals surface area contributed by atoms with Gasteiger partial charge in [0.2, 0.25) is 0 Å². The Morgan fingerprint density at radius 2 is 2.04 bits per heavy atom. The second-order valence-electron chi connectivity index (χ2n) is 6.82. The van der Waals surface area contributed by atoms with Gasteiger partial charge in [-0.1, -0.05) is 12.1 Å². The largest absolute Gasteiger partial charge is 0.384 e. The number of benzene rings is 1. The number of carbonyl (C=O) groups is 1. The molecular formula is C21H22N4O2. The maximum atomic E-state index is 12.0. The Labute approximate surface area is 157 Å². The Bertz CT molecular complexity index is 953. The molecule has 27 heavy (non-hydrogen) atoms. The predicted molar refractivity (Wildman–Crippen MR) is 106 cm³/mol. The first-order chi connectivity index (χ1) is 13.2. The van der Waals surface area contributed by atoms with Crippen LogP contribution in [0.15, 0.2) is 48.9 Å². The molecule has 1 saturated heterocycles. The number of rotatable bonds is 5. The van der Waals surface area contributed by atoms with Crippen molar-refractivity contribution in [3.05, 3.63) is 54.5 Å². The van der Waals surface area contributed by atoms with Gasteiger partial charge in [-0.2, -0.15) is 0 Å². The van der Waals surface area contributed by atoms with Gasteiger partial charge >= 0.3 is 0 Å². The Morgan fingerprint density at radius 3 is 2.78 bits per heavy atom. The minimum Gasteiger partial charge on any atom is -0.384 e. The first-order valence-corrected chi connectivity index (χ1v) is 9.17. The third kappa shape index (κ3) is 3.75. The summed E-state index contributed by atoms with van der Waals surface area (Å²) in [5.74, 6) is 0.0369. The molecule has 6 nitrogen and oxygen atoms in total. The van der Waals surface area contributed by atoms with Gasteiger partial charge < -0.3 is 15.8 Å². The topological polar surface area (TPSA) is 90.1 Å². The number of aromatic nitrogens is 2. The molecule has 3 heterocycles. The summed E-state index contributed by atoms with van der Waals surface area (Å²) in [7, 11) is 0. The Balaban J connectivity index is 1.74. The van der Waals surface area contributed by atoms with Crippen LogP contribution in [0.25, 0.3) is 22.0 Å². The lowest BCUT2D eigenvalue weighted by Crippen LogP contribution is -2.24. The average Bonchev–Trinajstić information content (AvgIpc) is 2.72. The highest BCUT2D eigenvalue weighted by Gasteiger charge is 2.18. The van der Waals surface area contributed by atoms with Crippen molar-refractivity contribution in [1.82, 2.24) is 9.97 Å². The summed E-state index contributed by atoms with van der Waals surface area (Å²) in [4.78, 5) is 20.6. The number of hydrogen-bond donors (Lipinski definition) is 2. The maximum Gasteiger partial charge on any atom is 0.252 e. The molecular weight excluding hydrogens is 340 g/mol. The second-order valence-corrected chi connectivity index (χ2v) is 6.82. The van der Waals surface area contributed by atoms with Crippen LogP contribution in [-0.4, -0.2) is 35.6 Å². The number of amides is 1. The summed E-state index contributed by atoms with van der Waals surface area (Å²) in [5, 5.41) is 4.36. The fourth-order valence-electron chi connectivity index (χ4n) is 3.48. The van der Waals surface area contributed by atoms with E-state index in [2.05, 4.69) is 15.3 Å². The molecule has 0 bridgehead atoms. The molecule has 3 aromatic rings. The normalized spacial score (nSPS) is 15.0. The van der Waals surface area contributed by atoms with E-state index in [0.29, 0.717) is 11.5 Å². The van der Waals surface area contributed by atoms with Crippen LogP contribution in [0.5, 0.6) is 0 Å². The number of primary amides is 1. The van der Waals surface area contributed by atoms with Crippen LogP contribution in [0, 0.1) is 5.92 Å². The number of nitrogens with two attached hydrogens (primary N) is 1. The van der Waals surface area contributed by atoms with Crippen LogP contribution < -0.4 is 11.1 Å². The molecule has 4 rings (SSSR count). The van der Waals surface area contributed by atoms with E-state index in [-0.39, 0.29) is 0 Å². The molecule has 0 aliphatic carbocycles. The van der Waals surface area contributed by atoms with Crippen molar-refractivity contribution >= 4 is 22.5 Å². The molecule has 1 aliphatic rings. The fourth-order valence-corrected chi connectivity index (χ4v) is 3.48. The molecule has 0 radical (unpaired) electrons. The van der Waals surface area contributed by atoms with Gasteiger partial charge in [0.15, 0.2) is 0 Å². The molecule has 1 amide bonds. The van der Waals surface area contributed by atoms with Crippen molar-refractivity contribution in [2.75, 3.05) is 25.1 Å². The Kier molecular flexibility index (Phi) is 4.98. The van der Waals surface area contributed by atoms with E-state index in [1.54, 1.807) is 12.4 Å². The van der Waals surface area contributed by atoms with Crippen molar-refractivity contribution < 1.29 is 9.53 Å². The molecule has 6 heteroatoms.